The van der Waals surface area contributed by atoms with Gasteiger partial charge in [0.2, 0.25) is 15.7 Å². The number of hydrogen-bond donors (Lipinski definition) is 3. The Labute approximate surface area is 338 Å². The minimum absolute atomic E-state index is 0.185. The molecule has 0 aromatic heterocycles. The quantitative estimate of drug-likeness (QED) is 0.0641. The first kappa shape index (κ1) is 46.2. The molecular formula is C39H54N3O11S4+. The van der Waals surface area contributed by atoms with Gasteiger partial charge in [-0.25, -0.2) is 12.7 Å². The van der Waals surface area contributed by atoms with Crippen LogP contribution < -0.4 is 4.90 Å². The molecule has 0 amide bonds. The molecule has 14 nitrogen and oxygen atoms in total. The molecule has 0 fully saturated rings. The second kappa shape index (κ2) is 17.8. The molecule has 18 heteroatoms. The van der Waals surface area contributed by atoms with Crippen LogP contribution >= 0.6 is 0 Å². The van der Waals surface area contributed by atoms with Crippen LogP contribution in [0, 0.1) is 0 Å². The van der Waals surface area contributed by atoms with Crippen molar-refractivity contribution in [1.82, 2.24) is 4.31 Å². The van der Waals surface area contributed by atoms with E-state index in [2.05, 4.69) is 0 Å². The number of rotatable bonds is 19. The fourth-order valence-corrected chi connectivity index (χ4v) is 10.3. The standard InChI is InChI=1S/C39H53N3O11S4/c1-7-23-40(6)56(49,50)30-19-21-34-32(28-30)38(2,3)36(41(34)24-13-15-26-54(43,44)45)17-11-9-8-10-12-18-37-39(4,5)33-29-31(57(51,52)53)20-22-35(33)42(37)25-14-16-27-55(46,47)48/h8-12,17-22,28-29H,7,13-16,23-27H2,1-6H3,(H2-,43,44,45,46,47,48,51,52,53)/p+1. The van der Waals surface area contributed by atoms with Gasteiger partial charge in [0.25, 0.3) is 30.4 Å². The van der Waals surface area contributed by atoms with Crippen LogP contribution in [0.15, 0.2) is 94.4 Å². The third kappa shape index (κ3) is 11.2. The molecule has 4 rings (SSSR count). The SMILES string of the molecule is CCCN(C)S(=O)(=O)c1ccc2c(c1)C(C)(C)C(/C=C/C=C/C=C/C=C1/N(CCCCS(=O)(=O)O)c3ccc(S(=O)(=O)O)cc3C1(C)C)=[N+]2CCCCS(=O)(=O)O. The molecule has 0 saturated heterocycles. The number of unbranched alkanes of at least 4 members (excludes halogenated alkanes) is 2. The van der Waals surface area contributed by atoms with Crippen LogP contribution in [0.3, 0.4) is 0 Å². The number of nitrogens with zero attached hydrogens (tertiary/aromatic N) is 3. The van der Waals surface area contributed by atoms with Crippen LogP contribution in [0.5, 0.6) is 0 Å². The van der Waals surface area contributed by atoms with Crippen molar-refractivity contribution in [3.05, 3.63) is 95.8 Å². The van der Waals surface area contributed by atoms with E-state index in [1.807, 2.05) is 86.6 Å². The van der Waals surface area contributed by atoms with Gasteiger partial charge in [-0.2, -0.15) is 29.8 Å². The zero-order chi connectivity index (χ0) is 42.6. The minimum atomic E-state index is -4.46. The van der Waals surface area contributed by atoms with Crippen molar-refractivity contribution < 1.29 is 51.9 Å². The van der Waals surface area contributed by atoms with Gasteiger partial charge >= 0.3 is 0 Å². The summed E-state index contributed by atoms with van der Waals surface area (Å²) >= 11 is 0. The van der Waals surface area contributed by atoms with E-state index >= 15 is 0 Å². The van der Waals surface area contributed by atoms with Crippen LogP contribution in [0.4, 0.5) is 11.4 Å². The van der Waals surface area contributed by atoms with Gasteiger partial charge in [-0.3, -0.25) is 13.7 Å². The fourth-order valence-electron chi connectivity index (χ4n) is 7.32. The molecule has 2 aromatic carbocycles. The lowest BCUT2D eigenvalue weighted by molar-refractivity contribution is -0.438. The maximum absolute atomic E-state index is 13.4. The predicted molar refractivity (Wildman–Crippen MR) is 223 cm³/mol. The highest BCUT2D eigenvalue weighted by Gasteiger charge is 2.45. The highest BCUT2D eigenvalue weighted by atomic mass is 32.2. The van der Waals surface area contributed by atoms with Crippen molar-refractivity contribution in [1.29, 1.82) is 0 Å². The number of allylic oxidation sites excluding steroid dienone is 8. The van der Waals surface area contributed by atoms with Crippen LogP contribution in [0.25, 0.3) is 0 Å². The van der Waals surface area contributed by atoms with E-state index in [-0.39, 0.29) is 34.1 Å². The molecule has 0 bridgehead atoms. The first-order chi connectivity index (χ1) is 26.3. The Morgan fingerprint density at radius 3 is 1.91 bits per heavy atom. The molecule has 0 saturated carbocycles. The Morgan fingerprint density at radius 2 is 1.30 bits per heavy atom. The number of anilines is 1. The number of fused-ring (bicyclic) bond motifs is 2. The van der Waals surface area contributed by atoms with Gasteiger partial charge in [-0.1, -0.05) is 51.2 Å². The first-order valence-electron chi connectivity index (χ1n) is 18.6. The van der Waals surface area contributed by atoms with Gasteiger partial charge in [-0.15, -0.1) is 0 Å². The van der Waals surface area contributed by atoms with Gasteiger partial charge in [-0.05, 0) is 81.5 Å². The molecule has 314 valence electrons. The van der Waals surface area contributed by atoms with E-state index in [9.17, 15) is 47.3 Å². The van der Waals surface area contributed by atoms with E-state index in [1.54, 1.807) is 31.3 Å². The Balaban J connectivity index is 1.62. The zero-order valence-corrected chi connectivity index (χ0v) is 36.4. The molecule has 3 N–H and O–H groups in total. The summed E-state index contributed by atoms with van der Waals surface area (Å²) in [6.07, 6.45) is 14.9. The van der Waals surface area contributed by atoms with Crippen LogP contribution in [-0.4, -0.2) is 100 Å². The lowest BCUT2D eigenvalue weighted by atomic mass is 9.81. The minimum Gasteiger partial charge on any atom is -0.344 e. The molecule has 2 aliphatic heterocycles. The van der Waals surface area contributed by atoms with Gasteiger partial charge in [0.05, 0.1) is 26.7 Å². The average Bonchev–Trinajstić information content (AvgIpc) is 3.44. The zero-order valence-electron chi connectivity index (χ0n) is 33.2. The third-order valence-corrected chi connectivity index (χ3v) is 14.6. The molecule has 2 aliphatic rings. The van der Waals surface area contributed by atoms with E-state index in [0.29, 0.717) is 44.5 Å². The maximum Gasteiger partial charge on any atom is 0.294 e. The highest BCUT2D eigenvalue weighted by Crippen LogP contribution is 2.48. The van der Waals surface area contributed by atoms with Crippen LogP contribution in [0.2, 0.25) is 0 Å². The lowest BCUT2D eigenvalue weighted by Crippen LogP contribution is -2.29. The summed E-state index contributed by atoms with van der Waals surface area (Å²) < 4.78 is 127. The molecular weight excluding hydrogens is 815 g/mol. The highest BCUT2D eigenvalue weighted by molar-refractivity contribution is 7.89. The molecule has 0 unspecified atom stereocenters. The second-order valence-electron chi connectivity index (χ2n) is 15.3. The monoisotopic (exact) mass is 868 g/mol. The number of hydrogen-bond acceptors (Lipinski definition) is 9. The summed E-state index contributed by atoms with van der Waals surface area (Å²) in [4.78, 5) is 1.92. The second-order valence-corrected chi connectivity index (χ2v) is 21.9. The summed E-state index contributed by atoms with van der Waals surface area (Å²) in [5.74, 6) is -0.751. The predicted octanol–water partition coefficient (Wildman–Crippen LogP) is 6.03. The van der Waals surface area contributed by atoms with Gasteiger partial charge in [0.15, 0.2) is 5.71 Å². The fraction of sp³-hybridized carbons (Fsp3) is 0.462. The molecule has 2 aromatic rings. The Hall–Kier alpha value is -3.49. The van der Waals surface area contributed by atoms with Crippen LogP contribution in [-0.2, 0) is 51.2 Å². The van der Waals surface area contributed by atoms with Crippen molar-refractivity contribution in [3.8, 4) is 0 Å². The van der Waals surface area contributed by atoms with E-state index < -0.39 is 51.2 Å². The Kier molecular flexibility index (Phi) is 14.4. The molecule has 0 spiro atoms. The number of benzene rings is 2. The largest absolute Gasteiger partial charge is 0.344 e. The van der Waals surface area contributed by atoms with Crippen molar-refractivity contribution in [2.75, 3.05) is 43.1 Å². The van der Waals surface area contributed by atoms with Crippen molar-refractivity contribution >= 4 is 57.5 Å². The summed E-state index contributed by atoms with van der Waals surface area (Å²) in [7, 11) is -14.9. The summed E-state index contributed by atoms with van der Waals surface area (Å²) in [5, 5.41) is 0. The van der Waals surface area contributed by atoms with Gasteiger partial charge in [0.1, 0.15) is 6.54 Å². The van der Waals surface area contributed by atoms with E-state index in [0.717, 1.165) is 28.3 Å². The third-order valence-electron chi connectivity index (χ3n) is 10.3. The first-order valence-corrected chi connectivity index (χ1v) is 24.7. The Morgan fingerprint density at radius 1 is 0.719 bits per heavy atom. The molecule has 0 radical (unpaired) electrons. The maximum atomic E-state index is 13.4. The average molecular weight is 869 g/mol. The smallest absolute Gasteiger partial charge is 0.294 e. The summed E-state index contributed by atoms with van der Waals surface area (Å²) in [5.41, 5.74) is 3.37. The van der Waals surface area contributed by atoms with E-state index in [4.69, 9.17) is 0 Å². The van der Waals surface area contributed by atoms with Gasteiger partial charge < -0.3 is 4.90 Å². The van der Waals surface area contributed by atoms with Crippen LogP contribution in [0.1, 0.15) is 77.8 Å². The topological polar surface area (TPSA) is 207 Å². The van der Waals surface area contributed by atoms with Crippen molar-refractivity contribution in [2.45, 2.75) is 87.3 Å². The lowest BCUT2D eigenvalue weighted by Gasteiger charge is -2.27. The Bertz CT molecular complexity index is 2450. The number of sulfonamides is 1. The van der Waals surface area contributed by atoms with Crippen molar-refractivity contribution in [3.63, 3.8) is 0 Å². The summed E-state index contributed by atoms with van der Waals surface area (Å²) in [6, 6.07) is 9.45. The normalized spacial score (nSPS) is 17.9. The molecule has 0 atom stereocenters. The van der Waals surface area contributed by atoms with E-state index in [1.165, 1.54) is 16.4 Å². The van der Waals surface area contributed by atoms with Gasteiger partial charge in [0, 0.05) is 61.1 Å². The van der Waals surface area contributed by atoms with Crippen molar-refractivity contribution in [2.24, 2.45) is 0 Å². The molecule has 2 heterocycles. The molecule has 57 heavy (non-hydrogen) atoms. The summed E-state index contributed by atoms with van der Waals surface area (Å²) in [6.45, 7) is 11.0. The molecule has 0 aliphatic carbocycles.